The van der Waals surface area contributed by atoms with Gasteiger partial charge in [-0.3, -0.25) is 0 Å². The van der Waals surface area contributed by atoms with Crippen LogP contribution in [-0.4, -0.2) is 13.1 Å². The van der Waals surface area contributed by atoms with Crippen molar-refractivity contribution in [2.24, 2.45) is 11.7 Å². The van der Waals surface area contributed by atoms with E-state index in [0.29, 0.717) is 5.92 Å². The lowest BCUT2D eigenvalue weighted by molar-refractivity contribution is 0.325. The second-order valence-electron chi connectivity index (χ2n) is 4.27. The minimum absolute atomic E-state index is 0.261. The second-order valence-corrected chi connectivity index (χ2v) is 5.47. The van der Waals surface area contributed by atoms with Crippen LogP contribution in [0.2, 0.25) is 0 Å². The van der Waals surface area contributed by atoms with Crippen molar-refractivity contribution < 1.29 is 0 Å². The number of hydrogen-bond donors (Lipinski definition) is 2. The van der Waals surface area contributed by atoms with Gasteiger partial charge < -0.3 is 11.1 Å². The third-order valence-electron chi connectivity index (χ3n) is 3.25. The van der Waals surface area contributed by atoms with E-state index in [9.17, 15) is 0 Å². The molecule has 1 saturated heterocycles. The summed E-state index contributed by atoms with van der Waals surface area (Å²) in [5.41, 5.74) is 6.32. The van der Waals surface area contributed by atoms with E-state index < -0.39 is 0 Å². The summed E-state index contributed by atoms with van der Waals surface area (Å²) in [6.45, 7) is 4.46. The monoisotopic (exact) mass is 224 g/mol. The van der Waals surface area contributed by atoms with Gasteiger partial charge in [-0.1, -0.05) is 6.92 Å². The standard InChI is InChI=1S/C12H20N2S/c1-2-10-3-4-11(15-10)12(13)9-5-7-14-8-6-9/h3-4,9,12,14H,2,5-8,13H2,1H3/t12-/m1/s1. The number of aryl methyl sites for hydroxylation is 1. The van der Waals surface area contributed by atoms with Gasteiger partial charge in [-0.2, -0.15) is 0 Å². The molecule has 1 aromatic rings. The van der Waals surface area contributed by atoms with Crippen LogP contribution in [0, 0.1) is 5.92 Å². The molecule has 0 aromatic carbocycles. The van der Waals surface area contributed by atoms with E-state index in [0.717, 1.165) is 19.5 Å². The maximum absolute atomic E-state index is 6.32. The van der Waals surface area contributed by atoms with Crippen molar-refractivity contribution in [1.82, 2.24) is 5.32 Å². The Bertz CT molecular complexity index is 302. The first-order valence-corrected chi connectivity index (χ1v) is 6.68. The van der Waals surface area contributed by atoms with Crippen molar-refractivity contribution in [3.8, 4) is 0 Å². The Morgan fingerprint density at radius 3 is 2.80 bits per heavy atom. The van der Waals surface area contributed by atoms with Crippen LogP contribution in [0.15, 0.2) is 12.1 Å². The number of piperidine rings is 1. The van der Waals surface area contributed by atoms with Crippen molar-refractivity contribution in [3.63, 3.8) is 0 Å². The molecule has 0 bridgehead atoms. The van der Waals surface area contributed by atoms with Gasteiger partial charge in [-0.25, -0.2) is 0 Å². The van der Waals surface area contributed by atoms with Crippen LogP contribution >= 0.6 is 11.3 Å². The minimum Gasteiger partial charge on any atom is -0.323 e. The van der Waals surface area contributed by atoms with E-state index in [1.165, 1.54) is 22.6 Å². The Balaban J connectivity index is 2.02. The number of nitrogens with two attached hydrogens (primary N) is 1. The highest BCUT2D eigenvalue weighted by Crippen LogP contribution is 2.31. The quantitative estimate of drug-likeness (QED) is 0.827. The van der Waals surface area contributed by atoms with Crippen LogP contribution in [-0.2, 0) is 6.42 Å². The van der Waals surface area contributed by atoms with Gasteiger partial charge in [0.25, 0.3) is 0 Å². The molecule has 0 amide bonds. The molecule has 3 heteroatoms. The molecular weight excluding hydrogens is 204 g/mol. The Morgan fingerprint density at radius 2 is 2.20 bits per heavy atom. The van der Waals surface area contributed by atoms with Crippen molar-refractivity contribution in [3.05, 3.63) is 21.9 Å². The van der Waals surface area contributed by atoms with Crippen LogP contribution in [0.1, 0.15) is 35.6 Å². The number of hydrogen-bond acceptors (Lipinski definition) is 3. The minimum atomic E-state index is 0.261. The molecule has 1 aliphatic heterocycles. The van der Waals surface area contributed by atoms with Gasteiger partial charge in [0.15, 0.2) is 0 Å². The lowest BCUT2D eigenvalue weighted by atomic mass is 9.90. The average Bonchev–Trinajstić information content (AvgIpc) is 2.78. The summed E-state index contributed by atoms with van der Waals surface area (Å²) in [6.07, 6.45) is 3.57. The van der Waals surface area contributed by atoms with Crippen LogP contribution in [0.25, 0.3) is 0 Å². The lowest BCUT2D eigenvalue weighted by Crippen LogP contribution is -2.33. The summed E-state index contributed by atoms with van der Waals surface area (Å²) < 4.78 is 0. The summed E-state index contributed by atoms with van der Waals surface area (Å²) in [7, 11) is 0. The van der Waals surface area contributed by atoms with E-state index in [2.05, 4.69) is 24.4 Å². The molecule has 0 unspecified atom stereocenters. The molecule has 84 valence electrons. The third-order valence-corrected chi connectivity index (χ3v) is 4.58. The molecule has 1 aliphatic rings. The van der Waals surface area contributed by atoms with Crippen LogP contribution < -0.4 is 11.1 Å². The summed E-state index contributed by atoms with van der Waals surface area (Å²) in [5.74, 6) is 0.676. The molecule has 15 heavy (non-hydrogen) atoms. The molecule has 0 radical (unpaired) electrons. The Labute approximate surface area is 95.9 Å². The van der Waals surface area contributed by atoms with Gasteiger partial charge >= 0.3 is 0 Å². The summed E-state index contributed by atoms with van der Waals surface area (Å²) in [5, 5.41) is 3.39. The van der Waals surface area contributed by atoms with E-state index in [4.69, 9.17) is 5.73 Å². The topological polar surface area (TPSA) is 38.0 Å². The molecule has 1 fully saturated rings. The first-order chi connectivity index (χ1) is 7.31. The predicted molar refractivity (Wildman–Crippen MR) is 66.2 cm³/mol. The fourth-order valence-electron chi connectivity index (χ4n) is 2.20. The normalized spacial score (nSPS) is 20.4. The lowest BCUT2D eigenvalue weighted by Gasteiger charge is -2.27. The molecule has 3 N–H and O–H groups in total. The van der Waals surface area contributed by atoms with Gasteiger partial charge in [0.2, 0.25) is 0 Å². The highest BCUT2D eigenvalue weighted by atomic mass is 32.1. The number of thiophene rings is 1. The van der Waals surface area contributed by atoms with Gasteiger partial charge in [0, 0.05) is 15.8 Å². The zero-order chi connectivity index (χ0) is 10.7. The van der Waals surface area contributed by atoms with E-state index in [-0.39, 0.29) is 6.04 Å². The molecule has 1 atom stereocenters. The molecule has 0 saturated carbocycles. The fraction of sp³-hybridized carbons (Fsp3) is 0.667. The van der Waals surface area contributed by atoms with Crippen molar-refractivity contribution in [2.45, 2.75) is 32.2 Å². The van der Waals surface area contributed by atoms with E-state index in [1.807, 2.05) is 11.3 Å². The molecular formula is C12H20N2S. The van der Waals surface area contributed by atoms with Crippen molar-refractivity contribution in [2.75, 3.05) is 13.1 Å². The molecule has 2 nitrogen and oxygen atoms in total. The van der Waals surface area contributed by atoms with Crippen molar-refractivity contribution >= 4 is 11.3 Å². The molecule has 2 rings (SSSR count). The summed E-state index contributed by atoms with van der Waals surface area (Å²) in [4.78, 5) is 2.83. The SMILES string of the molecule is CCc1ccc([C@H](N)C2CCNCC2)s1. The first-order valence-electron chi connectivity index (χ1n) is 5.86. The molecule has 2 heterocycles. The second kappa shape index (κ2) is 5.10. The first kappa shape index (κ1) is 11.1. The predicted octanol–water partition coefficient (Wildman–Crippen LogP) is 2.31. The van der Waals surface area contributed by atoms with Gasteiger partial charge in [-0.05, 0) is 50.4 Å². The molecule has 1 aromatic heterocycles. The fourth-order valence-corrected chi connectivity index (χ4v) is 3.25. The van der Waals surface area contributed by atoms with E-state index >= 15 is 0 Å². The van der Waals surface area contributed by atoms with Gasteiger partial charge in [0.1, 0.15) is 0 Å². The van der Waals surface area contributed by atoms with Crippen LogP contribution in [0.3, 0.4) is 0 Å². The van der Waals surface area contributed by atoms with E-state index in [1.54, 1.807) is 0 Å². The molecule has 0 aliphatic carbocycles. The zero-order valence-corrected chi connectivity index (χ0v) is 10.1. The smallest absolute Gasteiger partial charge is 0.0419 e. The maximum Gasteiger partial charge on any atom is 0.0419 e. The number of nitrogens with one attached hydrogen (secondary N) is 1. The average molecular weight is 224 g/mol. The number of rotatable bonds is 3. The zero-order valence-electron chi connectivity index (χ0n) is 9.33. The third kappa shape index (κ3) is 2.60. The molecule has 0 spiro atoms. The van der Waals surface area contributed by atoms with Gasteiger partial charge in [0.05, 0.1) is 0 Å². The highest BCUT2D eigenvalue weighted by molar-refractivity contribution is 7.12. The largest absolute Gasteiger partial charge is 0.323 e. The Kier molecular flexibility index (Phi) is 3.78. The summed E-state index contributed by atoms with van der Waals surface area (Å²) in [6, 6.07) is 4.70. The van der Waals surface area contributed by atoms with Crippen LogP contribution in [0.5, 0.6) is 0 Å². The highest BCUT2D eigenvalue weighted by Gasteiger charge is 2.22. The maximum atomic E-state index is 6.32. The van der Waals surface area contributed by atoms with Crippen molar-refractivity contribution in [1.29, 1.82) is 0 Å². The van der Waals surface area contributed by atoms with Gasteiger partial charge in [-0.15, -0.1) is 11.3 Å². The van der Waals surface area contributed by atoms with Crippen LogP contribution in [0.4, 0.5) is 0 Å². The Hall–Kier alpha value is -0.380. The Morgan fingerprint density at radius 1 is 1.47 bits per heavy atom. The summed E-state index contributed by atoms with van der Waals surface area (Å²) >= 11 is 1.89.